The summed E-state index contributed by atoms with van der Waals surface area (Å²) < 4.78 is 20.0. The molecule has 3 aromatic carbocycles. The first-order chi connectivity index (χ1) is 15.5. The Kier molecular flexibility index (Phi) is 6.37. The zero-order chi connectivity index (χ0) is 22.5. The molecule has 0 aliphatic heterocycles. The molecule has 160 valence electrons. The summed E-state index contributed by atoms with van der Waals surface area (Å²) in [7, 11) is 0. The van der Waals surface area contributed by atoms with Gasteiger partial charge in [-0.3, -0.25) is 14.5 Å². The molecule has 0 N–H and O–H groups in total. The van der Waals surface area contributed by atoms with Crippen LogP contribution in [-0.2, 0) is 11.4 Å². The minimum absolute atomic E-state index is 0.0567. The topological polar surface area (TPSA) is 59.5 Å². The van der Waals surface area contributed by atoms with E-state index in [0.29, 0.717) is 27.7 Å². The Morgan fingerprint density at radius 3 is 2.28 bits per heavy atom. The lowest BCUT2D eigenvalue weighted by Gasteiger charge is -2.18. The van der Waals surface area contributed by atoms with Crippen LogP contribution in [0.15, 0.2) is 84.2 Å². The van der Waals surface area contributed by atoms with Crippen LogP contribution in [0.2, 0.25) is 0 Å². The lowest BCUT2D eigenvalue weighted by Crippen LogP contribution is -2.23. The molecule has 0 saturated heterocycles. The van der Waals surface area contributed by atoms with Gasteiger partial charge < -0.3 is 4.74 Å². The predicted octanol–water partition coefficient (Wildman–Crippen LogP) is 5.78. The second kappa shape index (κ2) is 9.53. The summed E-state index contributed by atoms with van der Waals surface area (Å²) in [5, 5.41) is 2.13. The van der Waals surface area contributed by atoms with Gasteiger partial charge in [0.05, 0.1) is 11.4 Å². The Morgan fingerprint density at radius 1 is 0.938 bits per heavy atom. The van der Waals surface area contributed by atoms with Gasteiger partial charge in [0.25, 0.3) is 0 Å². The Balaban J connectivity index is 1.43. The van der Waals surface area contributed by atoms with E-state index < -0.39 is 5.82 Å². The lowest BCUT2D eigenvalue weighted by atomic mass is 10.0. The summed E-state index contributed by atoms with van der Waals surface area (Å²) in [6.45, 7) is 1.54. The van der Waals surface area contributed by atoms with E-state index in [1.807, 2.05) is 18.2 Å². The van der Waals surface area contributed by atoms with Gasteiger partial charge in [0, 0.05) is 23.4 Å². The number of aromatic nitrogens is 1. The third-order valence-corrected chi connectivity index (χ3v) is 5.55. The quantitative estimate of drug-likeness (QED) is 0.338. The zero-order valence-electron chi connectivity index (χ0n) is 17.2. The Hall–Kier alpha value is -3.84. The highest BCUT2D eigenvalue weighted by atomic mass is 32.1. The lowest BCUT2D eigenvalue weighted by molar-refractivity contribution is -0.115. The Labute approximate surface area is 188 Å². The number of hydrogen-bond donors (Lipinski definition) is 0. The number of para-hydroxylation sites is 1. The van der Waals surface area contributed by atoms with Gasteiger partial charge in [0.15, 0.2) is 10.9 Å². The minimum atomic E-state index is -0.499. The first-order valence-corrected chi connectivity index (χ1v) is 10.7. The van der Waals surface area contributed by atoms with Crippen LogP contribution >= 0.6 is 11.3 Å². The van der Waals surface area contributed by atoms with Crippen LogP contribution < -0.4 is 9.64 Å². The number of amides is 1. The molecule has 4 aromatic rings. The van der Waals surface area contributed by atoms with E-state index in [2.05, 4.69) is 4.98 Å². The standard InChI is InChI=1S/C25H19FN2O3S/c1-17(29)28(23-10-6-5-9-22(23)26)25-27-20(16-32-25)15-31-21-13-11-19(12-14-21)24(30)18-7-3-2-4-8-18/h2-14,16H,15H2,1H3. The maximum Gasteiger partial charge on any atom is 0.230 e. The molecular weight excluding hydrogens is 427 g/mol. The van der Waals surface area contributed by atoms with Crippen LogP contribution in [-0.4, -0.2) is 16.7 Å². The number of thiazole rings is 1. The number of benzene rings is 3. The van der Waals surface area contributed by atoms with E-state index in [1.165, 1.54) is 35.3 Å². The zero-order valence-corrected chi connectivity index (χ0v) is 18.0. The molecule has 1 heterocycles. The average molecular weight is 447 g/mol. The van der Waals surface area contributed by atoms with Crippen molar-refractivity contribution in [3.05, 3.63) is 107 Å². The molecule has 4 rings (SSSR count). The molecule has 32 heavy (non-hydrogen) atoms. The molecule has 0 atom stereocenters. The molecule has 1 amide bonds. The number of ether oxygens (including phenoxy) is 1. The normalized spacial score (nSPS) is 10.6. The highest BCUT2D eigenvalue weighted by molar-refractivity contribution is 7.14. The number of anilines is 2. The van der Waals surface area contributed by atoms with Crippen LogP contribution in [0.25, 0.3) is 0 Å². The molecule has 0 aliphatic rings. The van der Waals surface area contributed by atoms with Crippen LogP contribution in [0.5, 0.6) is 5.75 Å². The number of carbonyl (C=O) groups is 2. The minimum Gasteiger partial charge on any atom is -0.487 e. The smallest absolute Gasteiger partial charge is 0.230 e. The molecule has 0 saturated carbocycles. The van der Waals surface area contributed by atoms with Crippen molar-refractivity contribution in [2.75, 3.05) is 4.90 Å². The average Bonchev–Trinajstić information content (AvgIpc) is 3.28. The summed E-state index contributed by atoms with van der Waals surface area (Å²) in [6, 6.07) is 22.0. The molecule has 0 fully saturated rings. The van der Waals surface area contributed by atoms with Gasteiger partial charge in [-0.1, -0.05) is 42.5 Å². The second-order valence-electron chi connectivity index (χ2n) is 6.94. The van der Waals surface area contributed by atoms with Gasteiger partial charge in [-0.2, -0.15) is 0 Å². The van der Waals surface area contributed by atoms with Crippen molar-refractivity contribution in [3.63, 3.8) is 0 Å². The van der Waals surface area contributed by atoms with Gasteiger partial charge in [-0.05, 0) is 36.4 Å². The van der Waals surface area contributed by atoms with E-state index in [4.69, 9.17) is 4.74 Å². The van der Waals surface area contributed by atoms with Crippen molar-refractivity contribution in [2.24, 2.45) is 0 Å². The molecule has 0 spiro atoms. The second-order valence-corrected chi connectivity index (χ2v) is 7.77. The summed E-state index contributed by atoms with van der Waals surface area (Å²) >= 11 is 1.23. The van der Waals surface area contributed by atoms with Crippen molar-refractivity contribution < 1.29 is 18.7 Å². The number of rotatable bonds is 7. The summed E-state index contributed by atoms with van der Waals surface area (Å²) in [4.78, 5) is 30.3. The number of hydrogen-bond acceptors (Lipinski definition) is 5. The van der Waals surface area contributed by atoms with Crippen LogP contribution in [0.3, 0.4) is 0 Å². The van der Waals surface area contributed by atoms with E-state index in [1.54, 1.807) is 53.9 Å². The van der Waals surface area contributed by atoms with Crippen molar-refractivity contribution in [2.45, 2.75) is 13.5 Å². The van der Waals surface area contributed by atoms with Crippen molar-refractivity contribution in [3.8, 4) is 5.75 Å². The van der Waals surface area contributed by atoms with Crippen LogP contribution in [0.4, 0.5) is 15.2 Å². The van der Waals surface area contributed by atoms with Gasteiger partial charge in [-0.25, -0.2) is 9.37 Å². The highest BCUT2D eigenvalue weighted by Gasteiger charge is 2.21. The van der Waals surface area contributed by atoms with Crippen molar-refractivity contribution in [1.82, 2.24) is 4.98 Å². The maximum absolute atomic E-state index is 14.2. The number of halogens is 1. The van der Waals surface area contributed by atoms with Crippen molar-refractivity contribution >= 4 is 33.8 Å². The number of nitrogens with zero attached hydrogens (tertiary/aromatic N) is 2. The molecule has 0 unspecified atom stereocenters. The first kappa shape index (κ1) is 21.4. The van der Waals surface area contributed by atoms with Gasteiger partial charge >= 0.3 is 0 Å². The molecular formula is C25H19FN2O3S. The first-order valence-electron chi connectivity index (χ1n) is 9.85. The Bertz CT molecular complexity index is 1240. The predicted molar refractivity (Wildman–Crippen MR) is 122 cm³/mol. The van der Waals surface area contributed by atoms with Crippen LogP contribution in [0.1, 0.15) is 28.5 Å². The highest BCUT2D eigenvalue weighted by Crippen LogP contribution is 2.31. The van der Waals surface area contributed by atoms with Gasteiger partial charge in [0.2, 0.25) is 5.91 Å². The summed E-state index contributed by atoms with van der Waals surface area (Å²) in [5.74, 6) is -0.308. The van der Waals surface area contributed by atoms with Crippen molar-refractivity contribution in [1.29, 1.82) is 0 Å². The third-order valence-electron chi connectivity index (χ3n) is 4.68. The third kappa shape index (κ3) is 4.73. The Morgan fingerprint density at radius 2 is 1.59 bits per heavy atom. The van der Waals surface area contributed by atoms with Gasteiger partial charge in [-0.15, -0.1) is 11.3 Å². The van der Waals surface area contributed by atoms with Gasteiger partial charge in [0.1, 0.15) is 18.2 Å². The molecule has 1 aromatic heterocycles. The molecule has 5 nitrogen and oxygen atoms in total. The van der Waals surface area contributed by atoms with Crippen LogP contribution in [0, 0.1) is 5.82 Å². The fourth-order valence-corrected chi connectivity index (χ4v) is 3.99. The fourth-order valence-electron chi connectivity index (χ4n) is 3.12. The van der Waals surface area contributed by atoms with E-state index >= 15 is 0 Å². The number of ketones is 1. The largest absolute Gasteiger partial charge is 0.487 e. The van der Waals surface area contributed by atoms with E-state index in [0.717, 1.165) is 0 Å². The van der Waals surface area contributed by atoms with E-state index in [-0.39, 0.29) is 24.0 Å². The monoisotopic (exact) mass is 446 g/mol. The maximum atomic E-state index is 14.2. The van der Waals surface area contributed by atoms with E-state index in [9.17, 15) is 14.0 Å². The SMILES string of the molecule is CC(=O)N(c1nc(COc2ccc(C(=O)c3ccccc3)cc2)cs1)c1ccccc1F. The molecule has 7 heteroatoms. The summed E-state index contributed by atoms with van der Waals surface area (Å²) in [6.07, 6.45) is 0. The molecule has 0 bridgehead atoms. The number of carbonyl (C=O) groups excluding carboxylic acids is 2. The molecule has 0 aliphatic carbocycles. The molecule has 0 radical (unpaired) electrons. The summed E-state index contributed by atoms with van der Waals surface area (Å²) in [5.41, 5.74) is 1.96. The fraction of sp³-hybridized carbons (Fsp3) is 0.0800.